The highest BCUT2D eigenvalue weighted by atomic mass is 16.6. The maximum atomic E-state index is 10.5. The number of benzene rings is 1. The molecule has 0 bridgehead atoms. The molecule has 1 rings (SSSR count). The lowest BCUT2D eigenvalue weighted by atomic mass is 10.2. The van der Waals surface area contributed by atoms with Gasteiger partial charge in [-0.25, -0.2) is 0 Å². The lowest BCUT2D eigenvalue weighted by Crippen LogP contribution is -1.97. The van der Waals surface area contributed by atoms with Crippen LogP contribution < -0.4 is 4.74 Å². The molecule has 16 heavy (non-hydrogen) atoms. The monoisotopic (exact) mass is 222 g/mol. The zero-order valence-corrected chi connectivity index (χ0v) is 7.95. The van der Waals surface area contributed by atoms with Gasteiger partial charge in [0, 0.05) is 0 Å². The van der Waals surface area contributed by atoms with Gasteiger partial charge < -0.3 is 4.74 Å². The van der Waals surface area contributed by atoms with Crippen molar-refractivity contribution in [3.63, 3.8) is 0 Å². The van der Waals surface area contributed by atoms with Gasteiger partial charge in [-0.3, -0.25) is 20.2 Å². The minimum atomic E-state index is -0.740. The van der Waals surface area contributed by atoms with E-state index >= 15 is 0 Å². The average molecular weight is 222 g/mol. The smallest absolute Gasteiger partial charge is 0.280 e. The van der Waals surface area contributed by atoms with Gasteiger partial charge in [0.05, 0.1) is 28.0 Å². The zero-order valence-electron chi connectivity index (χ0n) is 7.95. The molecule has 0 aliphatic carbocycles. The Balaban J connectivity index is 3.14. The third-order valence-electron chi connectivity index (χ3n) is 1.62. The molecule has 0 radical (unpaired) electrons. The first-order valence-corrected chi connectivity index (χ1v) is 4.04. The molecular formula is C9H6N2O5. The van der Waals surface area contributed by atoms with Gasteiger partial charge in [0.15, 0.2) is 0 Å². The quantitative estimate of drug-likeness (QED) is 0.437. The van der Waals surface area contributed by atoms with Crippen molar-refractivity contribution in [3.05, 3.63) is 38.4 Å². The van der Waals surface area contributed by atoms with Crippen LogP contribution in [0.3, 0.4) is 0 Å². The van der Waals surface area contributed by atoms with Crippen molar-refractivity contribution in [2.24, 2.45) is 0 Å². The minimum Gasteiger partial charge on any atom is -0.480 e. The maximum absolute atomic E-state index is 10.5. The van der Waals surface area contributed by atoms with Gasteiger partial charge in [0.1, 0.15) is 12.4 Å². The van der Waals surface area contributed by atoms with E-state index in [9.17, 15) is 20.2 Å². The highest BCUT2D eigenvalue weighted by molar-refractivity contribution is 5.49. The normalized spacial score (nSPS) is 9.19. The summed E-state index contributed by atoms with van der Waals surface area (Å²) in [7, 11) is 0. The number of hydrogen-bond donors (Lipinski definition) is 0. The van der Waals surface area contributed by atoms with Crippen LogP contribution in [-0.2, 0) is 0 Å². The standard InChI is InChI=1S/C9H6N2O5/c1-2-3-16-9-5-7(10(12)13)4-8(6-9)11(14)15/h1,4-6H,3H2. The third kappa shape index (κ3) is 2.68. The molecule has 1 aromatic rings. The summed E-state index contributed by atoms with van der Waals surface area (Å²) in [5.74, 6) is 2.15. The number of non-ortho nitro benzene ring substituents is 2. The lowest BCUT2D eigenvalue weighted by Gasteiger charge is -2.01. The van der Waals surface area contributed by atoms with Crippen LogP contribution in [-0.4, -0.2) is 16.5 Å². The topological polar surface area (TPSA) is 95.5 Å². The van der Waals surface area contributed by atoms with E-state index < -0.39 is 21.2 Å². The average Bonchev–Trinajstić information content (AvgIpc) is 2.25. The molecule has 0 saturated carbocycles. The number of ether oxygens (including phenoxy) is 1. The molecule has 0 atom stereocenters. The summed E-state index contributed by atoms with van der Waals surface area (Å²) in [6, 6.07) is 3.00. The number of terminal acetylenes is 1. The molecule has 82 valence electrons. The van der Waals surface area contributed by atoms with Crippen molar-refractivity contribution in [2.45, 2.75) is 0 Å². The molecule has 0 N–H and O–H groups in total. The van der Waals surface area contributed by atoms with Crippen molar-refractivity contribution >= 4 is 11.4 Å². The maximum Gasteiger partial charge on any atom is 0.280 e. The van der Waals surface area contributed by atoms with Crippen molar-refractivity contribution in [1.29, 1.82) is 0 Å². The summed E-state index contributed by atoms with van der Waals surface area (Å²) in [6.07, 6.45) is 4.93. The van der Waals surface area contributed by atoms with Crippen molar-refractivity contribution in [3.8, 4) is 18.1 Å². The van der Waals surface area contributed by atoms with Crippen LogP contribution in [0.4, 0.5) is 11.4 Å². The Kier molecular flexibility index (Phi) is 3.40. The van der Waals surface area contributed by atoms with E-state index in [1.807, 2.05) is 0 Å². The fourth-order valence-corrected chi connectivity index (χ4v) is 0.987. The second kappa shape index (κ2) is 4.75. The molecule has 0 heterocycles. The Morgan fingerprint density at radius 3 is 2.06 bits per heavy atom. The van der Waals surface area contributed by atoms with Crippen LogP contribution >= 0.6 is 0 Å². The molecule has 1 aromatic carbocycles. The SMILES string of the molecule is C#CCOc1cc([N+](=O)[O-])cc([N+](=O)[O-])c1. The first kappa shape index (κ1) is 11.5. The molecule has 7 nitrogen and oxygen atoms in total. The summed E-state index contributed by atoms with van der Waals surface area (Å²) in [6.45, 7) is -0.113. The summed E-state index contributed by atoms with van der Waals surface area (Å²) < 4.78 is 4.89. The molecule has 0 spiro atoms. The molecule has 0 aliphatic rings. The Bertz CT molecular complexity index is 445. The first-order chi connectivity index (χ1) is 7.54. The van der Waals surface area contributed by atoms with Crippen LogP contribution in [0.15, 0.2) is 18.2 Å². The van der Waals surface area contributed by atoms with Crippen LogP contribution in [0.1, 0.15) is 0 Å². The van der Waals surface area contributed by atoms with Crippen LogP contribution in [0, 0.1) is 32.6 Å². The van der Waals surface area contributed by atoms with Gasteiger partial charge in [-0.1, -0.05) is 5.92 Å². The van der Waals surface area contributed by atoms with Crippen LogP contribution in [0.5, 0.6) is 5.75 Å². The van der Waals surface area contributed by atoms with Gasteiger partial charge in [-0.05, 0) is 0 Å². The second-order valence-corrected chi connectivity index (χ2v) is 2.69. The molecule has 0 fully saturated rings. The van der Waals surface area contributed by atoms with Gasteiger partial charge in [0.25, 0.3) is 11.4 Å². The fraction of sp³-hybridized carbons (Fsp3) is 0.111. The highest BCUT2D eigenvalue weighted by Gasteiger charge is 2.16. The molecule has 0 aromatic heterocycles. The van der Waals surface area contributed by atoms with E-state index in [1.54, 1.807) is 0 Å². The summed E-state index contributed by atoms with van der Waals surface area (Å²) in [5, 5.41) is 21.0. The summed E-state index contributed by atoms with van der Waals surface area (Å²) >= 11 is 0. The Morgan fingerprint density at radius 2 is 1.69 bits per heavy atom. The number of nitrogens with zero attached hydrogens (tertiary/aromatic N) is 2. The third-order valence-corrected chi connectivity index (χ3v) is 1.62. The molecule has 0 amide bonds. The van der Waals surface area contributed by atoms with Gasteiger partial charge in [-0.15, -0.1) is 6.42 Å². The van der Waals surface area contributed by atoms with E-state index in [2.05, 4.69) is 5.92 Å². The second-order valence-electron chi connectivity index (χ2n) is 2.69. The molecule has 0 unspecified atom stereocenters. The van der Waals surface area contributed by atoms with E-state index in [0.717, 1.165) is 18.2 Å². The Labute approximate surface area is 89.9 Å². The van der Waals surface area contributed by atoms with Crippen LogP contribution in [0.2, 0.25) is 0 Å². The largest absolute Gasteiger partial charge is 0.480 e. The van der Waals surface area contributed by atoms with Crippen molar-refractivity contribution in [1.82, 2.24) is 0 Å². The number of nitro benzene ring substituents is 2. The van der Waals surface area contributed by atoms with E-state index in [4.69, 9.17) is 11.2 Å². The summed E-state index contributed by atoms with van der Waals surface area (Å²) in [4.78, 5) is 19.5. The Hall–Kier alpha value is -2.62. The lowest BCUT2D eigenvalue weighted by molar-refractivity contribution is -0.394. The molecule has 0 saturated heterocycles. The highest BCUT2D eigenvalue weighted by Crippen LogP contribution is 2.27. The predicted octanol–water partition coefficient (Wildman–Crippen LogP) is 1.51. The van der Waals surface area contributed by atoms with Crippen molar-refractivity contribution < 1.29 is 14.6 Å². The van der Waals surface area contributed by atoms with E-state index in [0.29, 0.717) is 0 Å². The number of rotatable bonds is 4. The molecule has 0 aliphatic heterocycles. The van der Waals surface area contributed by atoms with Gasteiger partial charge in [0.2, 0.25) is 0 Å². The zero-order chi connectivity index (χ0) is 12.1. The first-order valence-electron chi connectivity index (χ1n) is 4.04. The molecular weight excluding hydrogens is 216 g/mol. The fourth-order valence-electron chi connectivity index (χ4n) is 0.987. The Morgan fingerprint density at radius 1 is 1.19 bits per heavy atom. The summed E-state index contributed by atoms with van der Waals surface area (Å²) in [5.41, 5.74) is -0.831. The van der Waals surface area contributed by atoms with Crippen LogP contribution in [0.25, 0.3) is 0 Å². The minimum absolute atomic E-state index is 0.00106. The van der Waals surface area contributed by atoms with E-state index in [1.165, 1.54) is 0 Å². The van der Waals surface area contributed by atoms with Gasteiger partial charge >= 0.3 is 0 Å². The van der Waals surface area contributed by atoms with E-state index in [-0.39, 0.29) is 12.4 Å². The number of hydrogen-bond acceptors (Lipinski definition) is 5. The predicted molar refractivity (Wildman–Crippen MR) is 54.1 cm³/mol. The molecule has 7 heteroatoms. The van der Waals surface area contributed by atoms with Gasteiger partial charge in [-0.2, -0.15) is 0 Å². The van der Waals surface area contributed by atoms with Crippen molar-refractivity contribution in [2.75, 3.05) is 6.61 Å². The number of nitro groups is 2.